The van der Waals surface area contributed by atoms with Gasteiger partial charge in [0.25, 0.3) is 5.89 Å². The van der Waals surface area contributed by atoms with Crippen LogP contribution in [0.15, 0.2) is 34.9 Å². The molecule has 2 aromatic heterocycles. The molecule has 0 saturated carbocycles. The molecule has 0 bridgehead atoms. The summed E-state index contributed by atoms with van der Waals surface area (Å²) < 4.78 is 11.2. The Hall–Kier alpha value is -3.26. The van der Waals surface area contributed by atoms with Crippen molar-refractivity contribution in [3.63, 3.8) is 0 Å². The zero-order valence-corrected chi connectivity index (χ0v) is 19.0. The smallest absolute Gasteiger partial charge is 0.258 e. The van der Waals surface area contributed by atoms with Gasteiger partial charge in [0.05, 0.1) is 6.10 Å². The number of hydrogen-bond acceptors (Lipinski definition) is 7. The van der Waals surface area contributed by atoms with Gasteiger partial charge in [0, 0.05) is 28.9 Å². The lowest BCUT2D eigenvalue weighted by atomic mass is 10.1. The molecule has 1 aromatic carbocycles. The van der Waals surface area contributed by atoms with E-state index < -0.39 is 12.0 Å². The molecular formula is C24H30N4O4. The lowest BCUT2D eigenvalue weighted by Gasteiger charge is -2.12. The predicted octanol–water partition coefficient (Wildman–Crippen LogP) is 3.62. The number of pyridine rings is 1. The minimum absolute atomic E-state index is 0.0819. The van der Waals surface area contributed by atoms with Crippen LogP contribution in [0.5, 0.6) is 5.75 Å². The number of aliphatic hydroxyl groups is 1. The molecule has 1 amide bonds. The summed E-state index contributed by atoms with van der Waals surface area (Å²) in [6.45, 7) is 8.29. The van der Waals surface area contributed by atoms with Crippen molar-refractivity contribution in [2.24, 2.45) is 11.7 Å². The van der Waals surface area contributed by atoms with Gasteiger partial charge in [-0.1, -0.05) is 19.0 Å². The summed E-state index contributed by atoms with van der Waals surface area (Å²) in [5, 5.41) is 14.0. The Bertz CT molecular complexity index is 1080. The van der Waals surface area contributed by atoms with E-state index in [0.29, 0.717) is 23.4 Å². The summed E-state index contributed by atoms with van der Waals surface area (Å²) in [7, 11) is 0. The van der Waals surface area contributed by atoms with E-state index in [2.05, 4.69) is 29.0 Å². The quantitative estimate of drug-likeness (QED) is 0.495. The van der Waals surface area contributed by atoms with E-state index in [4.69, 9.17) is 15.0 Å². The van der Waals surface area contributed by atoms with Crippen LogP contribution in [-0.2, 0) is 11.2 Å². The molecule has 8 heteroatoms. The van der Waals surface area contributed by atoms with Crippen LogP contribution in [0.1, 0.15) is 43.6 Å². The summed E-state index contributed by atoms with van der Waals surface area (Å²) in [4.78, 5) is 20.0. The van der Waals surface area contributed by atoms with E-state index in [0.717, 1.165) is 34.5 Å². The highest BCUT2D eigenvalue weighted by Gasteiger charge is 2.15. The van der Waals surface area contributed by atoms with Gasteiger partial charge >= 0.3 is 0 Å². The Morgan fingerprint density at radius 3 is 2.66 bits per heavy atom. The molecule has 3 aromatic rings. The fourth-order valence-electron chi connectivity index (χ4n) is 3.40. The molecular weight excluding hydrogens is 408 g/mol. The number of rotatable bonds is 10. The molecule has 1 atom stereocenters. The summed E-state index contributed by atoms with van der Waals surface area (Å²) in [5.74, 6) is 1.61. The first kappa shape index (κ1) is 23.4. The second kappa shape index (κ2) is 10.4. The van der Waals surface area contributed by atoms with Crippen molar-refractivity contribution in [3.05, 3.63) is 47.3 Å². The number of amides is 1. The van der Waals surface area contributed by atoms with Crippen LogP contribution in [0.25, 0.3) is 22.8 Å². The number of ether oxygens (including phenoxy) is 1. The van der Waals surface area contributed by atoms with Crippen LogP contribution in [0.3, 0.4) is 0 Å². The molecule has 32 heavy (non-hydrogen) atoms. The molecule has 0 fully saturated rings. The molecule has 0 spiro atoms. The number of aliphatic hydroxyl groups excluding tert-OH is 1. The van der Waals surface area contributed by atoms with Crippen molar-refractivity contribution < 1.29 is 19.2 Å². The van der Waals surface area contributed by atoms with Gasteiger partial charge in [-0.15, -0.1) is 0 Å². The fourth-order valence-corrected chi connectivity index (χ4v) is 3.40. The molecule has 0 aliphatic heterocycles. The maximum absolute atomic E-state index is 10.8. The Morgan fingerprint density at radius 2 is 1.97 bits per heavy atom. The van der Waals surface area contributed by atoms with Gasteiger partial charge in [0.2, 0.25) is 11.7 Å². The highest BCUT2D eigenvalue weighted by Crippen LogP contribution is 2.28. The van der Waals surface area contributed by atoms with Gasteiger partial charge in [-0.25, -0.2) is 0 Å². The molecule has 2 heterocycles. The fraction of sp³-hybridized carbons (Fsp3) is 0.417. The number of nitrogens with zero attached hydrogens (tertiary/aromatic N) is 3. The minimum atomic E-state index is -0.758. The first-order valence-corrected chi connectivity index (χ1v) is 10.7. The van der Waals surface area contributed by atoms with Crippen molar-refractivity contribution >= 4 is 5.91 Å². The van der Waals surface area contributed by atoms with Crippen molar-refractivity contribution in [1.29, 1.82) is 0 Å². The number of nitrogens with two attached hydrogens (primary N) is 1. The molecule has 0 radical (unpaired) electrons. The molecule has 3 N–H and O–H groups in total. The standard InChI is InChI=1S/C24H30N4O4/c1-14(2)9-18-12-17(11-16(4)26-18)24-27-23(28-32-24)21-7-6-20(10-15(21)3)31-13-19(29)5-8-22(25)30/h6-7,10-12,14,19,29H,5,8-9,13H2,1-4H3,(H2,25,30)/t19-/m1/s1. The number of hydrogen-bond donors (Lipinski definition) is 2. The maximum Gasteiger partial charge on any atom is 0.258 e. The first-order valence-electron chi connectivity index (χ1n) is 10.7. The second-order valence-electron chi connectivity index (χ2n) is 8.46. The van der Waals surface area contributed by atoms with Crippen LogP contribution in [0.4, 0.5) is 0 Å². The van der Waals surface area contributed by atoms with E-state index in [1.807, 2.05) is 38.1 Å². The third kappa shape index (κ3) is 6.37. The van der Waals surface area contributed by atoms with E-state index in [-0.39, 0.29) is 19.4 Å². The first-order chi connectivity index (χ1) is 15.2. The van der Waals surface area contributed by atoms with E-state index >= 15 is 0 Å². The molecule has 0 saturated heterocycles. The summed E-state index contributed by atoms with van der Waals surface area (Å²) in [6.07, 6.45) is 0.518. The highest BCUT2D eigenvalue weighted by atomic mass is 16.5. The molecule has 170 valence electrons. The SMILES string of the molecule is Cc1cc(-c2nc(-c3ccc(OC[C@H](O)CCC(N)=O)cc3C)no2)cc(CC(C)C)n1. The molecule has 8 nitrogen and oxygen atoms in total. The van der Waals surface area contributed by atoms with E-state index in [1.165, 1.54) is 0 Å². The van der Waals surface area contributed by atoms with Gasteiger partial charge in [-0.2, -0.15) is 4.98 Å². The lowest BCUT2D eigenvalue weighted by Crippen LogP contribution is -2.21. The lowest BCUT2D eigenvalue weighted by molar-refractivity contribution is -0.118. The van der Waals surface area contributed by atoms with Crippen molar-refractivity contribution in [3.8, 4) is 28.6 Å². The normalized spacial score (nSPS) is 12.2. The monoisotopic (exact) mass is 438 g/mol. The topological polar surface area (TPSA) is 124 Å². The Morgan fingerprint density at radius 1 is 1.19 bits per heavy atom. The Kier molecular flexibility index (Phi) is 7.58. The Balaban J connectivity index is 1.72. The molecule has 0 aliphatic rings. The van der Waals surface area contributed by atoms with Gasteiger partial charge in [0.15, 0.2) is 0 Å². The number of carbonyl (C=O) groups excluding carboxylic acids is 1. The number of benzene rings is 1. The van der Waals surface area contributed by atoms with E-state index in [1.54, 1.807) is 6.07 Å². The average Bonchev–Trinajstić information content (AvgIpc) is 3.20. The largest absolute Gasteiger partial charge is 0.491 e. The average molecular weight is 439 g/mol. The summed E-state index contributed by atoms with van der Waals surface area (Å²) in [5.41, 5.74) is 9.61. The molecule has 3 rings (SSSR count). The molecule has 0 aliphatic carbocycles. The minimum Gasteiger partial charge on any atom is -0.491 e. The second-order valence-corrected chi connectivity index (χ2v) is 8.46. The summed E-state index contributed by atoms with van der Waals surface area (Å²) >= 11 is 0. The van der Waals surface area contributed by atoms with Gasteiger partial charge in [-0.05, 0) is 68.5 Å². The third-order valence-corrected chi connectivity index (χ3v) is 4.90. The van der Waals surface area contributed by atoms with Crippen LogP contribution >= 0.6 is 0 Å². The van der Waals surface area contributed by atoms with Gasteiger partial charge < -0.3 is 20.1 Å². The summed E-state index contributed by atoms with van der Waals surface area (Å²) in [6, 6.07) is 9.43. The van der Waals surface area contributed by atoms with Crippen molar-refractivity contribution in [1.82, 2.24) is 15.1 Å². The van der Waals surface area contributed by atoms with Gasteiger partial charge in [-0.3, -0.25) is 9.78 Å². The van der Waals surface area contributed by atoms with Gasteiger partial charge in [0.1, 0.15) is 12.4 Å². The van der Waals surface area contributed by atoms with E-state index in [9.17, 15) is 9.90 Å². The third-order valence-electron chi connectivity index (χ3n) is 4.90. The predicted molar refractivity (Wildman–Crippen MR) is 121 cm³/mol. The van der Waals surface area contributed by atoms with Crippen LogP contribution in [0, 0.1) is 19.8 Å². The maximum atomic E-state index is 10.8. The number of aromatic nitrogens is 3. The highest BCUT2D eigenvalue weighted by molar-refractivity contribution is 5.73. The molecule has 0 unspecified atom stereocenters. The van der Waals surface area contributed by atoms with Crippen molar-refractivity contribution in [2.75, 3.05) is 6.61 Å². The van der Waals surface area contributed by atoms with Crippen molar-refractivity contribution in [2.45, 2.75) is 53.1 Å². The van der Waals surface area contributed by atoms with Crippen LogP contribution < -0.4 is 10.5 Å². The van der Waals surface area contributed by atoms with Crippen LogP contribution in [-0.4, -0.2) is 38.8 Å². The zero-order chi connectivity index (χ0) is 23.3. The number of primary amides is 1. The zero-order valence-electron chi connectivity index (χ0n) is 19.0. The number of aryl methyl sites for hydroxylation is 2. The Labute approximate surface area is 187 Å². The number of carbonyl (C=O) groups is 1. The van der Waals surface area contributed by atoms with Crippen LogP contribution in [0.2, 0.25) is 0 Å².